The fraction of sp³-hybridized carbons (Fsp3) is 0.400. The first-order valence-electron chi connectivity index (χ1n) is 4.32. The van der Waals surface area contributed by atoms with Crippen LogP contribution >= 0.6 is 0 Å². The summed E-state index contributed by atoms with van der Waals surface area (Å²) in [7, 11) is 0. The maximum absolute atomic E-state index is 5.87. The number of ether oxygens (including phenoxy) is 1. The average Bonchev–Trinajstić information content (AvgIpc) is 2.25. The molecule has 1 aromatic rings. The molecule has 2 heteroatoms. The molecule has 12 heavy (non-hydrogen) atoms. The van der Waals surface area contributed by atoms with Gasteiger partial charge in [0, 0.05) is 6.04 Å². The third-order valence-corrected chi connectivity index (χ3v) is 2.20. The Balaban J connectivity index is 2.31. The molecule has 2 N–H and O–H groups in total. The molecule has 0 bridgehead atoms. The van der Waals surface area contributed by atoms with Crippen LogP contribution in [0.4, 0.5) is 0 Å². The third-order valence-electron chi connectivity index (χ3n) is 2.20. The summed E-state index contributed by atoms with van der Waals surface area (Å²) in [4.78, 5) is 0. The van der Waals surface area contributed by atoms with Crippen molar-refractivity contribution in [1.29, 1.82) is 0 Å². The molecule has 0 aliphatic carbocycles. The highest BCUT2D eigenvalue weighted by atomic mass is 16.5. The summed E-state index contributed by atoms with van der Waals surface area (Å²) >= 11 is 0. The molecule has 1 atom stereocenters. The van der Waals surface area contributed by atoms with E-state index < -0.39 is 0 Å². The number of hydrogen-bond acceptors (Lipinski definition) is 2. The summed E-state index contributed by atoms with van der Waals surface area (Å²) in [5.74, 6) is 1.01. The molecule has 1 aromatic carbocycles. The van der Waals surface area contributed by atoms with E-state index in [4.69, 9.17) is 10.5 Å². The van der Waals surface area contributed by atoms with Crippen molar-refractivity contribution in [2.24, 2.45) is 5.73 Å². The highest BCUT2D eigenvalue weighted by Gasteiger charge is 2.12. The lowest BCUT2D eigenvalue weighted by Gasteiger charge is -2.05. The van der Waals surface area contributed by atoms with E-state index in [1.54, 1.807) is 0 Å². The van der Waals surface area contributed by atoms with Crippen molar-refractivity contribution >= 4 is 0 Å². The molecule has 1 aliphatic heterocycles. The number of rotatable bonds is 0. The number of hydrogen-bond donors (Lipinski definition) is 1. The van der Waals surface area contributed by atoms with E-state index >= 15 is 0 Å². The fourth-order valence-electron chi connectivity index (χ4n) is 1.52. The standard InChI is InChI=1S/C10H13NO/c11-9-5-6-12-10-4-2-1-3-8(10)7-9/h1-4,9H,5-7,11H2. The van der Waals surface area contributed by atoms with Gasteiger partial charge in [0.1, 0.15) is 5.75 Å². The maximum atomic E-state index is 5.87. The second kappa shape index (κ2) is 3.15. The lowest BCUT2D eigenvalue weighted by atomic mass is 10.1. The summed E-state index contributed by atoms with van der Waals surface area (Å²) in [6, 6.07) is 8.37. The molecule has 1 unspecified atom stereocenters. The van der Waals surface area contributed by atoms with Gasteiger partial charge in [-0.05, 0) is 24.5 Å². The van der Waals surface area contributed by atoms with Crippen LogP contribution in [0.5, 0.6) is 5.75 Å². The lowest BCUT2D eigenvalue weighted by Crippen LogP contribution is -2.22. The molecular formula is C10H13NO. The quantitative estimate of drug-likeness (QED) is 0.626. The predicted octanol–water partition coefficient (Wildman–Crippen LogP) is 1.34. The van der Waals surface area contributed by atoms with Crippen LogP contribution in [0, 0.1) is 0 Å². The molecule has 0 amide bonds. The number of benzene rings is 1. The summed E-state index contributed by atoms with van der Waals surface area (Å²) in [6.07, 6.45) is 1.89. The van der Waals surface area contributed by atoms with Gasteiger partial charge in [-0.25, -0.2) is 0 Å². The Morgan fingerprint density at radius 3 is 3.08 bits per heavy atom. The van der Waals surface area contributed by atoms with Crippen molar-refractivity contribution in [2.75, 3.05) is 6.61 Å². The van der Waals surface area contributed by atoms with Gasteiger partial charge in [-0.2, -0.15) is 0 Å². The average molecular weight is 163 g/mol. The van der Waals surface area contributed by atoms with Gasteiger partial charge in [0.25, 0.3) is 0 Å². The van der Waals surface area contributed by atoms with Gasteiger partial charge in [0.2, 0.25) is 0 Å². The largest absolute Gasteiger partial charge is 0.493 e. The zero-order valence-corrected chi connectivity index (χ0v) is 6.99. The molecule has 0 saturated carbocycles. The molecular weight excluding hydrogens is 150 g/mol. The number of fused-ring (bicyclic) bond motifs is 1. The Kier molecular flexibility index (Phi) is 2.00. The Labute approximate surface area is 72.3 Å². The van der Waals surface area contributed by atoms with Crippen molar-refractivity contribution in [1.82, 2.24) is 0 Å². The van der Waals surface area contributed by atoms with Gasteiger partial charge in [-0.1, -0.05) is 18.2 Å². The SMILES string of the molecule is NC1CCOc2ccccc2C1. The minimum absolute atomic E-state index is 0.258. The third kappa shape index (κ3) is 1.43. The minimum atomic E-state index is 0.258. The number of nitrogens with two attached hydrogens (primary N) is 1. The van der Waals surface area contributed by atoms with Crippen molar-refractivity contribution in [2.45, 2.75) is 18.9 Å². The molecule has 64 valence electrons. The highest BCUT2D eigenvalue weighted by Crippen LogP contribution is 2.22. The van der Waals surface area contributed by atoms with Gasteiger partial charge in [-0.3, -0.25) is 0 Å². The first kappa shape index (κ1) is 7.62. The maximum Gasteiger partial charge on any atom is 0.122 e. The topological polar surface area (TPSA) is 35.2 Å². The summed E-state index contributed by atoms with van der Waals surface area (Å²) in [6.45, 7) is 0.748. The second-order valence-electron chi connectivity index (χ2n) is 3.21. The van der Waals surface area contributed by atoms with Crippen LogP contribution in [0.2, 0.25) is 0 Å². The second-order valence-corrected chi connectivity index (χ2v) is 3.21. The van der Waals surface area contributed by atoms with Crippen molar-refractivity contribution in [3.8, 4) is 5.75 Å². The van der Waals surface area contributed by atoms with E-state index in [0.29, 0.717) is 0 Å². The van der Waals surface area contributed by atoms with E-state index in [9.17, 15) is 0 Å². The van der Waals surface area contributed by atoms with Crippen molar-refractivity contribution < 1.29 is 4.74 Å². The Morgan fingerprint density at radius 2 is 2.17 bits per heavy atom. The van der Waals surface area contributed by atoms with Gasteiger partial charge in [0.15, 0.2) is 0 Å². The van der Waals surface area contributed by atoms with Gasteiger partial charge < -0.3 is 10.5 Å². The first-order chi connectivity index (χ1) is 5.86. The summed E-state index contributed by atoms with van der Waals surface area (Å²) in [5, 5.41) is 0. The monoisotopic (exact) mass is 163 g/mol. The van der Waals surface area contributed by atoms with Gasteiger partial charge >= 0.3 is 0 Å². The molecule has 0 saturated heterocycles. The number of para-hydroxylation sites is 1. The van der Waals surface area contributed by atoms with Crippen LogP contribution in [0.25, 0.3) is 0 Å². The van der Waals surface area contributed by atoms with Gasteiger partial charge in [0.05, 0.1) is 6.61 Å². The molecule has 1 heterocycles. The Bertz CT molecular complexity index is 272. The lowest BCUT2D eigenvalue weighted by molar-refractivity contribution is 0.310. The highest BCUT2D eigenvalue weighted by molar-refractivity contribution is 5.34. The van der Waals surface area contributed by atoms with Crippen LogP contribution in [0.3, 0.4) is 0 Å². The normalized spacial score (nSPS) is 22.2. The zero-order valence-electron chi connectivity index (χ0n) is 6.99. The van der Waals surface area contributed by atoms with Crippen molar-refractivity contribution in [3.05, 3.63) is 29.8 Å². The Morgan fingerprint density at radius 1 is 1.33 bits per heavy atom. The smallest absolute Gasteiger partial charge is 0.122 e. The molecule has 2 nitrogen and oxygen atoms in total. The predicted molar refractivity (Wildman–Crippen MR) is 48.2 cm³/mol. The summed E-state index contributed by atoms with van der Waals surface area (Å²) < 4.78 is 5.54. The molecule has 0 aromatic heterocycles. The van der Waals surface area contributed by atoms with Crippen LogP contribution < -0.4 is 10.5 Å². The Hall–Kier alpha value is -1.02. The molecule has 1 aliphatic rings. The van der Waals surface area contributed by atoms with Crippen LogP contribution in [-0.2, 0) is 6.42 Å². The molecule has 2 rings (SSSR count). The molecule has 0 radical (unpaired) electrons. The summed E-state index contributed by atoms with van der Waals surface area (Å²) in [5.41, 5.74) is 7.11. The van der Waals surface area contributed by atoms with E-state index in [1.807, 2.05) is 18.2 Å². The fourth-order valence-corrected chi connectivity index (χ4v) is 1.52. The van der Waals surface area contributed by atoms with E-state index in [0.717, 1.165) is 25.2 Å². The van der Waals surface area contributed by atoms with Crippen LogP contribution in [0.15, 0.2) is 24.3 Å². The molecule has 0 fully saturated rings. The first-order valence-corrected chi connectivity index (χ1v) is 4.32. The molecule has 0 spiro atoms. The van der Waals surface area contributed by atoms with E-state index in [1.165, 1.54) is 5.56 Å². The van der Waals surface area contributed by atoms with Crippen LogP contribution in [0.1, 0.15) is 12.0 Å². The van der Waals surface area contributed by atoms with Crippen molar-refractivity contribution in [3.63, 3.8) is 0 Å². The minimum Gasteiger partial charge on any atom is -0.493 e. The van der Waals surface area contributed by atoms with Crippen LogP contribution in [-0.4, -0.2) is 12.6 Å². The van der Waals surface area contributed by atoms with Gasteiger partial charge in [-0.15, -0.1) is 0 Å². The zero-order chi connectivity index (χ0) is 8.39. The van der Waals surface area contributed by atoms with E-state index in [2.05, 4.69) is 6.07 Å². The van der Waals surface area contributed by atoms with E-state index in [-0.39, 0.29) is 6.04 Å².